The van der Waals surface area contributed by atoms with Gasteiger partial charge in [0.15, 0.2) is 11.6 Å². The normalized spacial score (nSPS) is 17.9. The molecule has 204 valence electrons. The van der Waals surface area contributed by atoms with Crippen molar-refractivity contribution in [3.8, 4) is 0 Å². The van der Waals surface area contributed by atoms with E-state index < -0.39 is 46.5 Å². The molecule has 2 unspecified atom stereocenters. The van der Waals surface area contributed by atoms with Crippen LogP contribution < -0.4 is 0 Å². The largest absolute Gasteiger partial charge is 0.461 e. The van der Waals surface area contributed by atoms with Crippen molar-refractivity contribution in [3.05, 3.63) is 70.8 Å². The molecule has 0 radical (unpaired) electrons. The molecule has 38 heavy (non-hydrogen) atoms. The summed E-state index contributed by atoms with van der Waals surface area (Å²) >= 11 is 0. The van der Waals surface area contributed by atoms with Gasteiger partial charge in [0, 0.05) is 11.1 Å². The zero-order chi connectivity index (χ0) is 28.1. The van der Waals surface area contributed by atoms with Crippen LogP contribution in [0.3, 0.4) is 0 Å². The van der Waals surface area contributed by atoms with Crippen molar-refractivity contribution in [2.24, 2.45) is 11.8 Å². The highest BCUT2D eigenvalue weighted by Gasteiger charge is 2.38. The fourth-order valence-electron chi connectivity index (χ4n) is 4.43. The van der Waals surface area contributed by atoms with E-state index in [2.05, 4.69) is 0 Å². The molecule has 2 aromatic carbocycles. The number of hydrogen-bond acceptors (Lipinski definition) is 8. The van der Waals surface area contributed by atoms with E-state index in [1.807, 2.05) is 0 Å². The average Bonchev–Trinajstić information content (AvgIpc) is 2.89. The molecule has 8 heteroatoms. The second-order valence-corrected chi connectivity index (χ2v) is 10.9. The highest BCUT2D eigenvalue weighted by molar-refractivity contribution is 6.02. The van der Waals surface area contributed by atoms with E-state index in [1.54, 1.807) is 48.5 Å². The molecule has 1 saturated carbocycles. The second kappa shape index (κ2) is 12.0. The number of ketones is 2. The smallest absolute Gasteiger partial charge is 0.310 e. The molecule has 0 saturated heterocycles. The molecule has 2 atom stereocenters. The van der Waals surface area contributed by atoms with Gasteiger partial charge < -0.3 is 19.7 Å². The maximum Gasteiger partial charge on any atom is 0.310 e. The summed E-state index contributed by atoms with van der Waals surface area (Å²) in [5, 5.41) is 19.8. The molecule has 0 aromatic heterocycles. The van der Waals surface area contributed by atoms with E-state index in [-0.39, 0.29) is 13.2 Å². The Hall–Kier alpha value is -3.36. The Morgan fingerprint density at radius 2 is 0.974 bits per heavy atom. The summed E-state index contributed by atoms with van der Waals surface area (Å²) in [7, 11) is 0. The summed E-state index contributed by atoms with van der Waals surface area (Å²) in [5.74, 6) is -2.92. The predicted molar refractivity (Wildman–Crippen MR) is 139 cm³/mol. The maximum atomic E-state index is 12.9. The molecule has 1 aliphatic rings. The number of aliphatic hydroxyl groups is 2. The Morgan fingerprint density at radius 3 is 1.26 bits per heavy atom. The first-order valence-corrected chi connectivity index (χ1v) is 12.8. The van der Waals surface area contributed by atoms with Crippen LogP contribution >= 0.6 is 0 Å². The molecule has 1 fully saturated rings. The van der Waals surface area contributed by atoms with Crippen molar-refractivity contribution in [1.29, 1.82) is 0 Å². The molecule has 0 amide bonds. The van der Waals surface area contributed by atoms with Crippen LogP contribution in [-0.4, -0.2) is 44.9 Å². The number of hydrogen-bond donors (Lipinski definition) is 2. The van der Waals surface area contributed by atoms with Gasteiger partial charge in [0.1, 0.15) is 24.4 Å². The van der Waals surface area contributed by atoms with Gasteiger partial charge in [-0.25, -0.2) is 0 Å². The van der Waals surface area contributed by atoms with Gasteiger partial charge in [0.2, 0.25) is 0 Å². The Kier molecular flexibility index (Phi) is 9.22. The standard InChI is InChI=1S/C30H36O8/c1-29(2,35)25(31)21-13-9-19(10-14-21)17-37-27(33)23-7-5-6-8-24(23)28(34)38-18-20-11-15-22(16-12-20)26(32)30(3,4)36/h9-16,23-24,35-36H,5-8,17-18H2,1-4H3. The van der Waals surface area contributed by atoms with E-state index in [9.17, 15) is 29.4 Å². The highest BCUT2D eigenvalue weighted by atomic mass is 16.5. The Bertz CT molecular complexity index is 1060. The molecule has 8 nitrogen and oxygen atoms in total. The molecule has 0 heterocycles. The van der Waals surface area contributed by atoms with Gasteiger partial charge in [-0.05, 0) is 51.7 Å². The van der Waals surface area contributed by atoms with E-state index in [0.29, 0.717) is 35.1 Å². The van der Waals surface area contributed by atoms with Gasteiger partial charge in [0.05, 0.1) is 11.8 Å². The van der Waals surface area contributed by atoms with Crippen LogP contribution in [0.15, 0.2) is 48.5 Å². The van der Waals surface area contributed by atoms with E-state index in [0.717, 1.165) is 12.8 Å². The second-order valence-electron chi connectivity index (χ2n) is 10.9. The molecule has 0 aliphatic heterocycles. The van der Waals surface area contributed by atoms with E-state index >= 15 is 0 Å². The summed E-state index contributed by atoms with van der Waals surface area (Å²) in [6, 6.07) is 13.0. The zero-order valence-electron chi connectivity index (χ0n) is 22.4. The molecule has 1 aliphatic carbocycles. The molecule has 0 spiro atoms. The Labute approximate surface area is 223 Å². The van der Waals surface area contributed by atoms with Crippen LogP contribution in [0.5, 0.6) is 0 Å². The van der Waals surface area contributed by atoms with Gasteiger partial charge in [-0.2, -0.15) is 0 Å². The Morgan fingerprint density at radius 1 is 0.658 bits per heavy atom. The lowest BCUT2D eigenvalue weighted by molar-refractivity contribution is -0.164. The number of rotatable bonds is 10. The third kappa shape index (κ3) is 7.58. The summed E-state index contributed by atoms with van der Waals surface area (Å²) in [5.41, 5.74) is -0.849. The van der Waals surface area contributed by atoms with Crippen molar-refractivity contribution in [1.82, 2.24) is 0 Å². The van der Waals surface area contributed by atoms with Crippen LogP contribution in [0.25, 0.3) is 0 Å². The predicted octanol–water partition coefficient (Wildman–Crippen LogP) is 4.19. The molecular weight excluding hydrogens is 488 g/mol. The van der Waals surface area contributed by atoms with E-state index in [4.69, 9.17) is 9.47 Å². The lowest BCUT2D eigenvalue weighted by Crippen LogP contribution is -2.35. The first-order chi connectivity index (χ1) is 17.8. The van der Waals surface area contributed by atoms with Gasteiger partial charge in [-0.3, -0.25) is 19.2 Å². The monoisotopic (exact) mass is 524 g/mol. The topological polar surface area (TPSA) is 127 Å². The van der Waals surface area contributed by atoms with Crippen LogP contribution in [0, 0.1) is 11.8 Å². The molecular formula is C30H36O8. The van der Waals surface area contributed by atoms with Crippen molar-refractivity contribution in [2.75, 3.05) is 0 Å². The number of ether oxygens (including phenoxy) is 2. The number of esters is 2. The first-order valence-electron chi connectivity index (χ1n) is 12.8. The van der Waals surface area contributed by atoms with Crippen molar-refractivity contribution in [3.63, 3.8) is 0 Å². The summed E-state index contributed by atoms with van der Waals surface area (Å²) < 4.78 is 11.0. The van der Waals surface area contributed by atoms with E-state index in [1.165, 1.54) is 27.7 Å². The Balaban J connectivity index is 1.55. The summed E-state index contributed by atoms with van der Waals surface area (Å²) in [6.07, 6.45) is 2.69. The fourth-order valence-corrected chi connectivity index (χ4v) is 4.43. The van der Waals surface area contributed by atoms with Crippen molar-refractivity contribution < 1.29 is 38.9 Å². The molecule has 2 N–H and O–H groups in total. The minimum atomic E-state index is -1.47. The molecule has 3 rings (SSSR count). The lowest BCUT2D eigenvalue weighted by atomic mass is 9.79. The van der Waals surface area contributed by atoms with Gasteiger partial charge in [-0.1, -0.05) is 61.4 Å². The van der Waals surface area contributed by atoms with Gasteiger partial charge in [0.25, 0.3) is 0 Å². The average molecular weight is 525 g/mol. The van der Waals surface area contributed by atoms with Crippen LogP contribution in [0.1, 0.15) is 85.2 Å². The number of Topliss-reactive ketones (excluding diaryl/α,β-unsaturated/α-hetero) is 2. The maximum absolute atomic E-state index is 12.9. The summed E-state index contributed by atoms with van der Waals surface area (Å²) in [4.78, 5) is 50.1. The third-order valence-corrected chi connectivity index (χ3v) is 6.68. The van der Waals surface area contributed by atoms with Crippen LogP contribution in [-0.2, 0) is 32.3 Å². The van der Waals surface area contributed by atoms with Crippen molar-refractivity contribution in [2.45, 2.75) is 77.8 Å². The van der Waals surface area contributed by atoms with Crippen LogP contribution in [0.4, 0.5) is 0 Å². The summed E-state index contributed by atoms with van der Waals surface area (Å²) in [6.45, 7) is 5.71. The van der Waals surface area contributed by atoms with Gasteiger partial charge in [-0.15, -0.1) is 0 Å². The molecule has 0 bridgehead atoms. The van der Waals surface area contributed by atoms with Crippen LogP contribution in [0.2, 0.25) is 0 Å². The number of benzene rings is 2. The molecule has 2 aromatic rings. The lowest BCUT2D eigenvalue weighted by Gasteiger charge is -2.28. The minimum absolute atomic E-state index is 0.00377. The highest BCUT2D eigenvalue weighted by Crippen LogP contribution is 2.32. The number of carbonyl (C=O) groups is 4. The van der Waals surface area contributed by atoms with Gasteiger partial charge >= 0.3 is 11.9 Å². The first kappa shape index (κ1) is 29.2. The number of carbonyl (C=O) groups excluding carboxylic acids is 4. The SMILES string of the molecule is CC(C)(O)C(=O)c1ccc(COC(=O)C2CCCCC2C(=O)OCc2ccc(C(=O)C(C)(C)O)cc2)cc1. The third-order valence-electron chi connectivity index (χ3n) is 6.68. The fraction of sp³-hybridized carbons (Fsp3) is 0.467. The zero-order valence-corrected chi connectivity index (χ0v) is 22.4. The van der Waals surface area contributed by atoms with Crippen molar-refractivity contribution >= 4 is 23.5 Å². The minimum Gasteiger partial charge on any atom is -0.461 e. The quantitative estimate of drug-likeness (QED) is 0.350.